The summed E-state index contributed by atoms with van der Waals surface area (Å²) in [6, 6.07) is 4.98. The summed E-state index contributed by atoms with van der Waals surface area (Å²) in [6.45, 7) is 0.0505. The van der Waals surface area contributed by atoms with Gasteiger partial charge in [-0.1, -0.05) is 0 Å². The Morgan fingerprint density at radius 3 is 2.70 bits per heavy atom. The number of hydrogen-bond acceptors (Lipinski definition) is 4. The zero-order valence-corrected chi connectivity index (χ0v) is 11.5. The monoisotopic (exact) mass is 286 g/mol. The molecule has 2 rings (SSSR count). The van der Waals surface area contributed by atoms with Crippen LogP contribution in [0.5, 0.6) is 11.5 Å². The van der Waals surface area contributed by atoms with E-state index >= 15 is 0 Å². The molecule has 0 aliphatic carbocycles. The van der Waals surface area contributed by atoms with Gasteiger partial charge in [-0.25, -0.2) is 0 Å². The Labute approximate surface area is 117 Å². The van der Waals surface area contributed by atoms with Crippen molar-refractivity contribution in [1.29, 1.82) is 0 Å². The SMILES string of the molecule is COc1ccc(NCC2CCNCC2)cc1OC(F)F. The van der Waals surface area contributed by atoms with E-state index in [1.807, 2.05) is 0 Å². The maximum Gasteiger partial charge on any atom is 0.387 e. The molecule has 112 valence electrons. The summed E-state index contributed by atoms with van der Waals surface area (Å²) in [7, 11) is 1.43. The van der Waals surface area contributed by atoms with Crippen LogP contribution < -0.4 is 20.1 Å². The van der Waals surface area contributed by atoms with Gasteiger partial charge in [0.25, 0.3) is 0 Å². The molecule has 0 unspecified atom stereocenters. The summed E-state index contributed by atoms with van der Waals surface area (Å²) < 4.78 is 34.1. The number of piperidine rings is 1. The van der Waals surface area contributed by atoms with Crippen LogP contribution >= 0.6 is 0 Å². The Hall–Kier alpha value is -1.56. The summed E-state index contributed by atoms with van der Waals surface area (Å²) in [6.07, 6.45) is 2.26. The first-order valence-electron chi connectivity index (χ1n) is 6.76. The average Bonchev–Trinajstić information content (AvgIpc) is 2.46. The van der Waals surface area contributed by atoms with Crippen molar-refractivity contribution in [3.05, 3.63) is 18.2 Å². The predicted octanol–water partition coefficient (Wildman–Crippen LogP) is 2.71. The topological polar surface area (TPSA) is 42.5 Å². The highest BCUT2D eigenvalue weighted by molar-refractivity contribution is 5.54. The lowest BCUT2D eigenvalue weighted by Crippen LogP contribution is -2.31. The summed E-state index contributed by atoms with van der Waals surface area (Å²) in [5, 5.41) is 6.58. The van der Waals surface area contributed by atoms with Crippen LogP contribution in [0, 0.1) is 5.92 Å². The van der Waals surface area contributed by atoms with E-state index in [9.17, 15) is 8.78 Å². The molecule has 1 aliphatic heterocycles. The Balaban J connectivity index is 1.96. The molecule has 0 spiro atoms. The van der Waals surface area contributed by atoms with Crippen LogP contribution in [-0.4, -0.2) is 33.4 Å². The number of alkyl halides is 2. The molecular weight excluding hydrogens is 266 g/mol. The molecule has 0 saturated carbocycles. The van der Waals surface area contributed by atoms with Crippen molar-refractivity contribution in [1.82, 2.24) is 5.32 Å². The molecule has 0 bridgehead atoms. The number of methoxy groups -OCH3 is 1. The smallest absolute Gasteiger partial charge is 0.387 e. The highest BCUT2D eigenvalue weighted by atomic mass is 19.3. The minimum atomic E-state index is -2.86. The first kappa shape index (κ1) is 14.8. The van der Waals surface area contributed by atoms with Gasteiger partial charge >= 0.3 is 6.61 Å². The van der Waals surface area contributed by atoms with E-state index in [1.54, 1.807) is 18.2 Å². The normalized spacial score (nSPS) is 16.2. The summed E-state index contributed by atoms with van der Waals surface area (Å²) >= 11 is 0. The van der Waals surface area contributed by atoms with E-state index in [-0.39, 0.29) is 5.75 Å². The Kier molecular flexibility index (Phi) is 5.40. The number of benzene rings is 1. The van der Waals surface area contributed by atoms with Gasteiger partial charge < -0.3 is 20.1 Å². The largest absolute Gasteiger partial charge is 0.493 e. The third-order valence-corrected chi connectivity index (χ3v) is 3.43. The molecule has 1 saturated heterocycles. The van der Waals surface area contributed by atoms with E-state index in [4.69, 9.17) is 4.74 Å². The van der Waals surface area contributed by atoms with Gasteiger partial charge in [0.05, 0.1) is 7.11 Å². The standard InChI is InChI=1S/C14H20F2N2O2/c1-19-12-3-2-11(8-13(12)20-14(15)16)18-9-10-4-6-17-7-5-10/h2-3,8,10,14,17-18H,4-7,9H2,1H3. The Morgan fingerprint density at radius 2 is 2.05 bits per heavy atom. The van der Waals surface area contributed by atoms with Crippen LogP contribution in [0.15, 0.2) is 18.2 Å². The van der Waals surface area contributed by atoms with Crippen LogP contribution in [0.25, 0.3) is 0 Å². The maximum absolute atomic E-state index is 12.3. The highest BCUT2D eigenvalue weighted by Gasteiger charge is 2.14. The van der Waals surface area contributed by atoms with Gasteiger partial charge in [-0.15, -0.1) is 0 Å². The molecule has 0 aromatic heterocycles. The molecule has 0 radical (unpaired) electrons. The van der Waals surface area contributed by atoms with Crippen LogP contribution in [0.3, 0.4) is 0 Å². The summed E-state index contributed by atoms with van der Waals surface area (Å²) in [5.41, 5.74) is 0.764. The second-order valence-electron chi connectivity index (χ2n) is 4.82. The number of nitrogens with one attached hydrogen (secondary N) is 2. The molecule has 1 aromatic carbocycles. The fraction of sp³-hybridized carbons (Fsp3) is 0.571. The zero-order valence-electron chi connectivity index (χ0n) is 11.5. The quantitative estimate of drug-likeness (QED) is 0.844. The molecule has 0 atom stereocenters. The second kappa shape index (κ2) is 7.28. The molecule has 1 heterocycles. The molecule has 4 nitrogen and oxygen atoms in total. The molecule has 2 N–H and O–H groups in total. The third-order valence-electron chi connectivity index (χ3n) is 3.43. The first-order chi connectivity index (χ1) is 9.69. The van der Waals surface area contributed by atoms with Gasteiger partial charge in [-0.05, 0) is 44.0 Å². The minimum absolute atomic E-state index is 0.0535. The van der Waals surface area contributed by atoms with Gasteiger partial charge in [-0.3, -0.25) is 0 Å². The summed E-state index contributed by atoms with van der Waals surface area (Å²) in [4.78, 5) is 0. The van der Waals surface area contributed by atoms with Gasteiger partial charge in [0.15, 0.2) is 11.5 Å². The van der Waals surface area contributed by atoms with Crippen molar-refractivity contribution in [3.63, 3.8) is 0 Å². The summed E-state index contributed by atoms with van der Waals surface area (Å²) in [5.74, 6) is 0.966. The Bertz CT molecular complexity index is 424. The molecular formula is C14H20F2N2O2. The van der Waals surface area contributed by atoms with Gasteiger partial charge in [0.1, 0.15) is 0 Å². The lowest BCUT2D eigenvalue weighted by atomic mass is 9.98. The van der Waals surface area contributed by atoms with Crippen molar-refractivity contribution < 1.29 is 18.3 Å². The first-order valence-corrected chi connectivity index (χ1v) is 6.76. The lowest BCUT2D eigenvalue weighted by Gasteiger charge is -2.23. The van der Waals surface area contributed by atoms with E-state index in [2.05, 4.69) is 15.4 Å². The van der Waals surface area contributed by atoms with Crippen LogP contribution in [0.1, 0.15) is 12.8 Å². The van der Waals surface area contributed by atoms with E-state index in [0.29, 0.717) is 11.7 Å². The molecule has 1 fully saturated rings. The molecule has 1 aromatic rings. The predicted molar refractivity (Wildman–Crippen MR) is 73.7 cm³/mol. The van der Waals surface area contributed by atoms with Gasteiger partial charge in [0, 0.05) is 18.3 Å². The van der Waals surface area contributed by atoms with Crippen molar-refractivity contribution in [3.8, 4) is 11.5 Å². The van der Waals surface area contributed by atoms with E-state index in [1.165, 1.54) is 7.11 Å². The molecule has 20 heavy (non-hydrogen) atoms. The molecule has 0 amide bonds. The minimum Gasteiger partial charge on any atom is -0.493 e. The van der Waals surface area contributed by atoms with Crippen LogP contribution in [-0.2, 0) is 0 Å². The highest BCUT2D eigenvalue weighted by Crippen LogP contribution is 2.31. The van der Waals surface area contributed by atoms with Crippen molar-refractivity contribution >= 4 is 5.69 Å². The van der Waals surface area contributed by atoms with Crippen LogP contribution in [0.2, 0.25) is 0 Å². The van der Waals surface area contributed by atoms with Gasteiger partial charge in [0.2, 0.25) is 0 Å². The van der Waals surface area contributed by atoms with Crippen LogP contribution in [0.4, 0.5) is 14.5 Å². The van der Waals surface area contributed by atoms with Gasteiger partial charge in [-0.2, -0.15) is 8.78 Å². The number of rotatable bonds is 6. The maximum atomic E-state index is 12.3. The second-order valence-corrected chi connectivity index (χ2v) is 4.82. The lowest BCUT2D eigenvalue weighted by molar-refractivity contribution is -0.0511. The number of halogens is 2. The molecule has 6 heteroatoms. The van der Waals surface area contributed by atoms with Crippen molar-refractivity contribution in [2.45, 2.75) is 19.5 Å². The van der Waals surface area contributed by atoms with E-state index in [0.717, 1.165) is 38.2 Å². The zero-order chi connectivity index (χ0) is 14.4. The fourth-order valence-electron chi connectivity index (χ4n) is 2.32. The van der Waals surface area contributed by atoms with Crippen molar-refractivity contribution in [2.24, 2.45) is 5.92 Å². The molecule has 1 aliphatic rings. The number of ether oxygens (including phenoxy) is 2. The van der Waals surface area contributed by atoms with Crippen molar-refractivity contribution in [2.75, 3.05) is 32.1 Å². The average molecular weight is 286 g/mol. The van der Waals surface area contributed by atoms with E-state index < -0.39 is 6.61 Å². The number of hydrogen-bond donors (Lipinski definition) is 2. The third kappa shape index (κ3) is 4.23. The number of anilines is 1. The Morgan fingerprint density at radius 1 is 1.30 bits per heavy atom. The fourth-order valence-corrected chi connectivity index (χ4v) is 2.32.